The molecule has 1 N–H and O–H groups in total. The molecule has 0 saturated carbocycles. The molecule has 0 aliphatic rings. The van der Waals surface area contributed by atoms with E-state index in [-0.39, 0.29) is 12.5 Å². The third-order valence-electron chi connectivity index (χ3n) is 3.75. The third kappa shape index (κ3) is 3.28. The normalized spacial score (nSPS) is 12.5. The largest absolute Gasteiger partial charge is 0.385 e. The number of likely N-dealkylation sites (N-methyl/N-ethyl adjacent to an activating group) is 1. The van der Waals surface area contributed by atoms with Crippen LogP contribution in [-0.4, -0.2) is 32.5 Å². The second-order valence-corrected chi connectivity index (χ2v) is 6.58. The zero-order valence-corrected chi connectivity index (χ0v) is 14.0. The van der Waals surface area contributed by atoms with Crippen molar-refractivity contribution in [2.24, 2.45) is 0 Å². The maximum absolute atomic E-state index is 12.6. The minimum absolute atomic E-state index is 0.0107. The van der Waals surface area contributed by atoms with Crippen molar-refractivity contribution in [1.29, 1.82) is 0 Å². The fourth-order valence-corrected chi connectivity index (χ4v) is 3.32. The van der Waals surface area contributed by atoms with Gasteiger partial charge in [-0.3, -0.25) is 4.79 Å². The van der Waals surface area contributed by atoms with E-state index in [4.69, 9.17) is 0 Å². The van der Waals surface area contributed by atoms with Crippen LogP contribution < -0.4 is 0 Å². The van der Waals surface area contributed by atoms with Gasteiger partial charge in [-0.2, -0.15) is 0 Å². The number of hydrogen-bond donors (Lipinski definition) is 1. The number of aromatic nitrogens is 2. The van der Waals surface area contributed by atoms with E-state index in [1.165, 1.54) is 0 Å². The fraction of sp³-hybridized carbons (Fsp3) is 0.294. The molecule has 0 radical (unpaired) electrons. The molecular weight excluding hydrogens is 310 g/mol. The number of para-hydroxylation sites is 2. The first kappa shape index (κ1) is 15.7. The predicted octanol–water partition coefficient (Wildman–Crippen LogP) is 2.81. The number of carbonyl (C=O) groups is 1. The molecular formula is C17H19N3O2S. The SMILES string of the molecule is CC(O)c1nc2ccccc2n1CC(=O)N(C)Cc1cccs1. The number of nitrogens with zero attached hydrogens (tertiary/aromatic N) is 3. The summed E-state index contributed by atoms with van der Waals surface area (Å²) in [6, 6.07) is 11.6. The van der Waals surface area contributed by atoms with E-state index in [9.17, 15) is 9.90 Å². The van der Waals surface area contributed by atoms with Crippen molar-refractivity contribution in [3.8, 4) is 0 Å². The number of rotatable bonds is 5. The van der Waals surface area contributed by atoms with E-state index in [1.54, 1.807) is 34.8 Å². The Morgan fingerprint density at radius 3 is 2.83 bits per heavy atom. The molecule has 2 heterocycles. The van der Waals surface area contributed by atoms with Crippen LogP contribution in [0, 0.1) is 0 Å². The van der Waals surface area contributed by atoms with Crippen LogP contribution in [0.15, 0.2) is 41.8 Å². The molecule has 0 fully saturated rings. The van der Waals surface area contributed by atoms with Crippen molar-refractivity contribution in [1.82, 2.24) is 14.5 Å². The van der Waals surface area contributed by atoms with Crippen LogP contribution in [0.3, 0.4) is 0 Å². The standard InChI is InChI=1S/C17H19N3O2S/c1-12(21)17-18-14-7-3-4-8-15(14)20(17)11-16(22)19(2)10-13-6-5-9-23-13/h3-9,12,21H,10-11H2,1-2H3. The van der Waals surface area contributed by atoms with E-state index >= 15 is 0 Å². The molecule has 120 valence electrons. The Hall–Kier alpha value is -2.18. The van der Waals surface area contributed by atoms with Gasteiger partial charge in [0.25, 0.3) is 0 Å². The summed E-state index contributed by atoms with van der Waals surface area (Å²) >= 11 is 1.63. The first-order valence-corrected chi connectivity index (χ1v) is 8.34. The molecule has 23 heavy (non-hydrogen) atoms. The highest BCUT2D eigenvalue weighted by molar-refractivity contribution is 7.09. The van der Waals surface area contributed by atoms with Crippen molar-refractivity contribution in [2.45, 2.75) is 26.1 Å². The highest BCUT2D eigenvalue weighted by Gasteiger charge is 2.18. The van der Waals surface area contributed by atoms with Crippen molar-refractivity contribution < 1.29 is 9.90 Å². The molecule has 5 nitrogen and oxygen atoms in total. The van der Waals surface area contributed by atoms with Gasteiger partial charge < -0.3 is 14.6 Å². The smallest absolute Gasteiger partial charge is 0.242 e. The van der Waals surface area contributed by atoms with E-state index in [1.807, 2.05) is 41.8 Å². The van der Waals surface area contributed by atoms with Crippen molar-refractivity contribution in [3.63, 3.8) is 0 Å². The number of amides is 1. The van der Waals surface area contributed by atoms with E-state index < -0.39 is 6.10 Å². The van der Waals surface area contributed by atoms with Gasteiger partial charge in [-0.25, -0.2) is 4.98 Å². The average Bonchev–Trinajstić information content (AvgIpc) is 3.15. The maximum Gasteiger partial charge on any atom is 0.242 e. The van der Waals surface area contributed by atoms with Gasteiger partial charge in [-0.15, -0.1) is 11.3 Å². The summed E-state index contributed by atoms with van der Waals surface area (Å²) in [5.74, 6) is 0.507. The Morgan fingerprint density at radius 2 is 2.13 bits per heavy atom. The monoisotopic (exact) mass is 329 g/mol. The molecule has 3 aromatic rings. The number of fused-ring (bicyclic) bond motifs is 1. The van der Waals surface area contributed by atoms with Gasteiger partial charge >= 0.3 is 0 Å². The summed E-state index contributed by atoms with van der Waals surface area (Å²) in [7, 11) is 1.79. The Balaban J connectivity index is 1.85. The van der Waals surface area contributed by atoms with Gasteiger partial charge in [0.05, 0.1) is 17.6 Å². The highest BCUT2D eigenvalue weighted by Crippen LogP contribution is 2.21. The molecule has 0 aliphatic heterocycles. The highest BCUT2D eigenvalue weighted by atomic mass is 32.1. The molecule has 2 aromatic heterocycles. The minimum Gasteiger partial charge on any atom is -0.385 e. The molecule has 0 bridgehead atoms. The Bertz CT molecular complexity index is 808. The van der Waals surface area contributed by atoms with Gasteiger partial charge in [-0.05, 0) is 30.5 Å². The summed E-state index contributed by atoms with van der Waals surface area (Å²) in [6.45, 7) is 2.42. The lowest BCUT2D eigenvalue weighted by molar-refractivity contribution is -0.131. The number of thiophene rings is 1. The summed E-state index contributed by atoms with van der Waals surface area (Å²) in [5, 5.41) is 12.0. The number of aliphatic hydroxyl groups is 1. The maximum atomic E-state index is 12.6. The molecule has 1 aromatic carbocycles. The number of hydrogen-bond acceptors (Lipinski definition) is 4. The Labute approximate surface area is 138 Å². The van der Waals surface area contributed by atoms with E-state index in [0.717, 1.165) is 15.9 Å². The lowest BCUT2D eigenvalue weighted by Crippen LogP contribution is -2.30. The summed E-state index contributed by atoms with van der Waals surface area (Å²) in [6.07, 6.45) is -0.724. The molecule has 1 unspecified atom stereocenters. The summed E-state index contributed by atoms with van der Waals surface area (Å²) < 4.78 is 1.80. The second kappa shape index (κ2) is 6.52. The Morgan fingerprint density at radius 1 is 1.35 bits per heavy atom. The van der Waals surface area contributed by atoms with Crippen molar-refractivity contribution in [2.75, 3.05) is 7.05 Å². The number of imidazole rings is 1. The fourth-order valence-electron chi connectivity index (χ4n) is 2.56. The van der Waals surface area contributed by atoms with Crippen LogP contribution in [0.5, 0.6) is 0 Å². The molecule has 0 spiro atoms. The first-order chi connectivity index (χ1) is 11.1. The van der Waals surface area contributed by atoms with Gasteiger partial charge in [-0.1, -0.05) is 18.2 Å². The first-order valence-electron chi connectivity index (χ1n) is 7.46. The minimum atomic E-state index is -0.724. The zero-order valence-electron chi connectivity index (χ0n) is 13.1. The van der Waals surface area contributed by atoms with Gasteiger partial charge in [0.15, 0.2) is 0 Å². The molecule has 1 amide bonds. The summed E-state index contributed by atoms with van der Waals surface area (Å²) in [4.78, 5) is 19.8. The van der Waals surface area contributed by atoms with Crippen molar-refractivity contribution >= 4 is 28.3 Å². The van der Waals surface area contributed by atoms with Crippen LogP contribution in [0.2, 0.25) is 0 Å². The summed E-state index contributed by atoms with van der Waals surface area (Å²) in [5.41, 5.74) is 1.65. The number of carbonyl (C=O) groups excluding carboxylic acids is 1. The molecule has 1 atom stereocenters. The molecule has 3 rings (SSSR count). The predicted molar refractivity (Wildman–Crippen MR) is 91.2 cm³/mol. The quantitative estimate of drug-likeness (QED) is 0.783. The van der Waals surface area contributed by atoms with Crippen LogP contribution >= 0.6 is 11.3 Å². The Kier molecular flexibility index (Phi) is 4.45. The van der Waals surface area contributed by atoms with Gasteiger partial charge in [0.2, 0.25) is 5.91 Å². The lowest BCUT2D eigenvalue weighted by Gasteiger charge is -2.18. The number of benzene rings is 1. The van der Waals surface area contributed by atoms with E-state index in [2.05, 4.69) is 4.98 Å². The van der Waals surface area contributed by atoms with E-state index in [0.29, 0.717) is 12.4 Å². The molecule has 6 heteroatoms. The third-order valence-corrected chi connectivity index (χ3v) is 4.61. The van der Waals surface area contributed by atoms with Crippen LogP contribution in [0.4, 0.5) is 0 Å². The van der Waals surface area contributed by atoms with Gasteiger partial charge in [0.1, 0.15) is 18.5 Å². The van der Waals surface area contributed by atoms with Crippen LogP contribution in [0.1, 0.15) is 23.7 Å². The van der Waals surface area contributed by atoms with Crippen LogP contribution in [-0.2, 0) is 17.9 Å². The van der Waals surface area contributed by atoms with Crippen LogP contribution in [0.25, 0.3) is 11.0 Å². The topological polar surface area (TPSA) is 58.4 Å². The zero-order chi connectivity index (χ0) is 16.4. The molecule has 0 aliphatic carbocycles. The van der Waals surface area contributed by atoms with Gasteiger partial charge in [0, 0.05) is 11.9 Å². The van der Waals surface area contributed by atoms with Crippen molar-refractivity contribution in [3.05, 3.63) is 52.5 Å². The average molecular weight is 329 g/mol. The number of aliphatic hydroxyl groups excluding tert-OH is 1. The lowest BCUT2D eigenvalue weighted by atomic mass is 10.3. The second-order valence-electron chi connectivity index (χ2n) is 5.55. The molecule has 0 saturated heterocycles.